The smallest absolute Gasteiger partial charge is 0.411 e. The summed E-state index contributed by atoms with van der Waals surface area (Å²) in [6.07, 6.45) is 2.93. The number of nitrogens with zero attached hydrogens (tertiary/aromatic N) is 4. The van der Waals surface area contributed by atoms with Gasteiger partial charge >= 0.3 is 6.09 Å². The molecule has 1 amide bonds. The fraction of sp³-hybridized carbons (Fsp3) is 0.385. The minimum absolute atomic E-state index is 0.162. The predicted octanol–water partition coefficient (Wildman–Crippen LogP) is 4.63. The minimum atomic E-state index is -0.514. The highest BCUT2D eigenvalue weighted by molar-refractivity contribution is 7.98. The molecule has 3 heterocycles. The number of aryl methyl sites for hydroxylation is 1. The highest BCUT2D eigenvalue weighted by Gasteiger charge is 2.15. The number of aromatic nitrogens is 4. The number of benzene rings is 1. The maximum atomic E-state index is 11.9. The van der Waals surface area contributed by atoms with Crippen LogP contribution in [0.2, 0.25) is 0 Å². The molecule has 11 heteroatoms. The van der Waals surface area contributed by atoms with Gasteiger partial charge < -0.3 is 19.7 Å². The summed E-state index contributed by atoms with van der Waals surface area (Å²) in [6, 6.07) is 11.8. The molecule has 0 radical (unpaired) electrons. The summed E-state index contributed by atoms with van der Waals surface area (Å²) in [7, 11) is 0. The van der Waals surface area contributed by atoms with E-state index in [1.165, 1.54) is 6.08 Å². The van der Waals surface area contributed by atoms with Gasteiger partial charge in [-0.2, -0.15) is 0 Å². The summed E-state index contributed by atoms with van der Waals surface area (Å²) in [6.45, 7) is 9.48. The number of amides is 1. The summed E-state index contributed by atoms with van der Waals surface area (Å²) in [5.41, 5.74) is 3.71. The summed E-state index contributed by atoms with van der Waals surface area (Å²) in [4.78, 5) is 23.6. The second kappa shape index (κ2) is 13.7. The molecule has 3 aromatic rings. The van der Waals surface area contributed by atoms with Gasteiger partial charge in [0.15, 0.2) is 0 Å². The Morgan fingerprint density at radius 1 is 1.27 bits per heavy atom. The van der Waals surface area contributed by atoms with Crippen LogP contribution in [0.4, 0.5) is 22.0 Å². The van der Waals surface area contributed by atoms with E-state index in [0.717, 1.165) is 59.7 Å². The van der Waals surface area contributed by atoms with Crippen molar-refractivity contribution in [2.75, 3.05) is 48.4 Å². The molecule has 4 rings (SSSR count). The Morgan fingerprint density at radius 3 is 2.95 bits per heavy atom. The first-order chi connectivity index (χ1) is 18.1. The maximum Gasteiger partial charge on any atom is 0.411 e. The van der Waals surface area contributed by atoms with Crippen molar-refractivity contribution in [3.8, 4) is 0 Å². The number of hydrogen-bond donors (Lipinski definition) is 3. The van der Waals surface area contributed by atoms with E-state index in [1.54, 1.807) is 11.8 Å². The highest BCUT2D eigenvalue weighted by Crippen LogP contribution is 2.26. The molecular formula is C26H33N7O3S. The van der Waals surface area contributed by atoms with Gasteiger partial charge in [0.25, 0.3) is 0 Å². The van der Waals surface area contributed by atoms with E-state index >= 15 is 0 Å². The molecule has 0 saturated carbocycles. The van der Waals surface area contributed by atoms with Crippen molar-refractivity contribution in [1.29, 1.82) is 0 Å². The number of carbonyl (C=O) groups is 1. The van der Waals surface area contributed by atoms with Crippen molar-refractivity contribution in [2.24, 2.45) is 0 Å². The molecule has 1 aliphatic rings. The lowest BCUT2D eigenvalue weighted by Crippen LogP contribution is -2.36. The third-order valence-electron chi connectivity index (χ3n) is 5.57. The Kier molecular flexibility index (Phi) is 9.78. The number of carbonyl (C=O) groups excluding carboxylic acids is 1. The number of anilines is 3. The van der Waals surface area contributed by atoms with Gasteiger partial charge in [-0.05, 0) is 30.2 Å². The van der Waals surface area contributed by atoms with E-state index < -0.39 is 6.09 Å². The minimum Gasteiger partial charge on any atom is -0.445 e. The zero-order valence-corrected chi connectivity index (χ0v) is 21.9. The van der Waals surface area contributed by atoms with Crippen molar-refractivity contribution >= 4 is 35.0 Å². The van der Waals surface area contributed by atoms with Gasteiger partial charge in [0.05, 0.1) is 18.9 Å². The molecule has 0 spiro atoms. The molecule has 0 unspecified atom stereocenters. The van der Waals surface area contributed by atoms with Crippen LogP contribution in [0.1, 0.15) is 30.4 Å². The first kappa shape index (κ1) is 26.5. The summed E-state index contributed by atoms with van der Waals surface area (Å²) in [5, 5.41) is 14.2. The van der Waals surface area contributed by atoms with Crippen LogP contribution in [-0.2, 0) is 28.2 Å². The molecule has 0 atom stereocenters. The molecule has 10 nitrogen and oxygen atoms in total. The largest absolute Gasteiger partial charge is 0.445 e. The Hall–Kier alpha value is -3.57. The van der Waals surface area contributed by atoms with Crippen molar-refractivity contribution in [1.82, 2.24) is 20.2 Å². The fourth-order valence-electron chi connectivity index (χ4n) is 3.81. The van der Waals surface area contributed by atoms with E-state index in [1.807, 2.05) is 24.3 Å². The van der Waals surface area contributed by atoms with Gasteiger partial charge in [-0.15, -0.1) is 5.10 Å². The molecule has 2 aromatic heterocycles. The molecule has 1 fully saturated rings. The number of rotatable bonds is 12. The van der Waals surface area contributed by atoms with Crippen molar-refractivity contribution < 1.29 is 14.3 Å². The molecule has 1 saturated heterocycles. The molecule has 196 valence electrons. The maximum absolute atomic E-state index is 11.9. The number of H-pyrrole nitrogens is 1. The third kappa shape index (κ3) is 8.22. The molecule has 0 aliphatic carbocycles. The lowest BCUT2D eigenvalue weighted by molar-refractivity contribution is 0.122. The second-order valence-electron chi connectivity index (χ2n) is 8.47. The zero-order chi connectivity index (χ0) is 25.9. The predicted molar refractivity (Wildman–Crippen MR) is 146 cm³/mol. The van der Waals surface area contributed by atoms with Gasteiger partial charge in [0, 0.05) is 49.2 Å². The number of pyridine rings is 1. The second-order valence-corrected chi connectivity index (χ2v) is 9.41. The van der Waals surface area contributed by atoms with Crippen molar-refractivity contribution in [2.45, 2.75) is 37.2 Å². The van der Waals surface area contributed by atoms with Crippen molar-refractivity contribution in [3.63, 3.8) is 0 Å². The Balaban J connectivity index is 1.44. The number of aromatic amines is 1. The molecule has 3 N–H and O–H groups in total. The molecule has 37 heavy (non-hydrogen) atoms. The van der Waals surface area contributed by atoms with E-state index in [4.69, 9.17) is 14.5 Å². The number of ether oxygens (including phenoxy) is 2. The van der Waals surface area contributed by atoms with Crippen LogP contribution in [0, 0.1) is 0 Å². The van der Waals surface area contributed by atoms with Crippen LogP contribution in [-0.4, -0.2) is 59.2 Å². The van der Waals surface area contributed by atoms with Crippen LogP contribution in [0.25, 0.3) is 0 Å². The Bertz CT molecular complexity index is 1180. The highest BCUT2D eigenvalue weighted by atomic mass is 32.2. The number of nitrogens with one attached hydrogen (secondary N) is 3. The van der Waals surface area contributed by atoms with Gasteiger partial charge in [0.1, 0.15) is 18.2 Å². The zero-order valence-electron chi connectivity index (χ0n) is 21.0. The lowest BCUT2D eigenvalue weighted by Gasteiger charge is -2.29. The van der Waals surface area contributed by atoms with Gasteiger partial charge in [-0.1, -0.05) is 43.5 Å². The van der Waals surface area contributed by atoms with Gasteiger partial charge in [-0.3, -0.25) is 10.4 Å². The van der Waals surface area contributed by atoms with Gasteiger partial charge in [0.2, 0.25) is 5.16 Å². The van der Waals surface area contributed by atoms with Crippen LogP contribution >= 0.6 is 11.8 Å². The standard InChI is InChI=1S/C26H33N7O3S/c1-3-6-23-30-25(32-31-23)37-18-21-15-22(33-9-12-35-13-10-33)16-24(28-21)27-17-19-7-5-8-20(14-19)29-26(34)36-11-4-2/h4-5,7-8,14-16H,2-3,6,9-13,17-18H2,1H3,(H,27,28)(H,29,34)(H,30,31,32). The van der Waals surface area contributed by atoms with E-state index in [9.17, 15) is 4.79 Å². The monoisotopic (exact) mass is 523 g/mol. The van der Waals surface area contributed by atoms with E-state index in [2.05, 4.69) is 56.4 Å². The summed E-state index contributed by atoms with van der Waals surface area (Å²) >= 11 is 1.57. The van der Waals surface area contributed by atoms with Crippen LogP contribution in [0.15, 0.2) is 54.2 Å². The Morgan fingerprint density at radius 2 is 2.14 bits per heavy atom. The van der Waals surface area contributed by atoms with Crippen LogP contribution < -0.4 is 15.5 Å². The van der Waals surface area contributed by atoms with Gasteiger partial charge in [-0.25, -0.2) is 14.8 Å². The molecular weight excluding hydrogens is 490 g/mol. The summed E-state index contributed by atoms with van der Waals surface area (Å²) < 4.78 is 10.5. The first-order valence-corrected chi connectivity index (χ1v) is 13.4. The van der Waals surface area contributed by atoms with Crippen LogP contribution in [0.3, 0.4) is 0 Å². The fourth-order valence-corrected chi connectivity index (χ4v) is 4.52. The quantitative estimate of drug-likeness (QED) is 0.231. The SMILES string of the molecule is C=CCOC(=O)Nc1cccc(CNc2cc(N3CCOCC3)cc(CSc3n[nH]c(CCC)n3)n2)c1. The first-order valence-electron chi connectivity index (χ1n) is 12.4. The third-order valence-corrected chi connectivity index (χ3v) is 6.45. The van der Waals surface area contributed by atoms with Crippen molar-refractivity contribution in [3.05, 3.63) is 66.1 Å². The number of morpholine rings is 1. The number of thioether (sulfide) groups is 1. The molecule has 0 bridgehead atoms. The normalized spacial score (nSPS) is 13.3. The van der Waals surface area contributed by atoms with Crippen LogP contribution in [0.5, 0.6) is 0 Å². The molecule has 1 aromatic carbocycles. The van der Waals surface area contributed by atoms with E-state index in [0.29, 0.717) is 31.2 Å². The average molecular weight is 524 g/mol. The lowest BCUT2D eigenvalue weighted by atomic mass is 10.2. The summed E-state index contributed by atoms with van der Waals surface area (Å²) in [5.74, 6) is 2.35. The number of hydrogen-bond acceptors (Lipinski definition) is 9. The topological polar surface area (TPSA) is 117 Å². The molecule has 1 aliphatic heterocycles. The Labute approximate surface area is 221 Å². The average Bonchev–Trinajstić information content (AvgIpc) is 3.38. The van der Waals surface area contributed by atoms with E-state index in [-0.39, 0.29) is 6.61 Å².